The van der Waals surface area contributed by atoms with Crippen molar-refractivity contribution in [1.29, 1.82) is 0 Å². The number of nitrogens with zero attached hydrogens (tertiary/aromatic N) is 2. The molecule has 6 nitrogen and oxygen atoms in total. The molecule has 0 spiro atoms. The normalized spacial score (nSPS) is 11.7. The summed E-state index contributed by atoms with van der Waals surface area (Å²) in [5, 5.41) is 5.00. The number of nitrogens with one attached hydrogen (secondary N) is 2. The van der Waals surface area contributed by atoms with E-state index < -0.39 is 21.7 Å². The number of sulfonamides is 1. The summed E-state index contributed by atoms with van der Waals surface area (Å²) in [5.74, 6) is -2.21. The van der Waals surface area contributed by atoms with Crippen molar-refractivity contribution in [3.63, 3.8) is 0 Å². The molecule has 1 rings (SSSR count). The summed E-state index contributed by atoms with van der Waals surface area (Å²) in [6.07, 6.45) is 0. The summed E-state index contributed by atoms with van der Waals surface area (Å²) in [4.78, 5) is 3.67. The van der Waals surface area contributed by atoms with Crippen molar-refractivity contribution in [2.45, 2.75) is 0 Å². The molecule has 0 radical (unpaired) electrons. The molecule has 0 aliphatic carbocycles. The van der Waals surface area contributed by atoms with Crippen LogP contribution in [0.2, 0.25) is 0 Å². The van der Waals surface area contributed by atoms with E-state index in [9.17, 15) is 17.2 Å². The highest BCUT2D eigenvalue weighted by atomic mass is 32.2. The Kier molecular flexibility index (Phi) is 5.01. The van der Waals surface area contributed by atoms with E-state index in [4.69, 9.17) is 0 Å². The summed E-state index contributed by atoms with van der Waals surface area (Å²) >= 11 is 0. The molecule has 0 unspecified atom stereocenters. The molecule has 1 heterocycles. The van der Waals surface area contributed by atoms with Gasteiger partial charge in [0.05, 0.1) is 5.75 Å². The fraction of sp³-hybridized carbons (Fsp3) is 0.500. The van der Waals surface area contributed by atoms with Gasteiger partial charge in [-0.2, -0.15) is 0 Å². The van der Waals surface area contributed by atoms with Gasteiger partial charge in [-0.3, -0.25) is 0 Å². The zero-order valence-electron chi connectivity index (χ0n) is 10.9. The Balaban J connectivity index is 2.74. The molecule has 0 saturated carbocycles. The minimum Gasteiger partial charge on any atom is -0.371 e. The van der Waals surface area contributed by atoms with E-state index >= 15 is 0 Å². The molecule has 1 aromatic heterocycles. The Hall–Kier alpha value is -1.48. The molecule has 0 amide bonds. The van der Waals surface area contributed by atoms with Crippen LogP contribution in [0.5, 0.6) is 0 Å². The van der Waals surface area contributed by atoms with Crippen molar-refractivity contribution in [2.75, 3.05) is 44.1 Å². The minimum atomic E-state index is -3.37. The number of hydrogen-bond acceptors (Lipinski definition) is 5. The van der Waals surface area contributed by atoms with Gasteiger partial charge >= 0.3 is 0 Å². The Morgan fingerprint density at radius 3 is 2.37 bits per heavy atom. The number of hydrogen-bond donors (Lipinski definition) is 2. The maximum Gasteiger partial charge on any atom is 0.215 e. The molecule has 2 N–H and O–H groups in total. The molecule has 108 valence electrons. The quantitative estimate of drug-likeness (QED) is 0.808. The van der Waals surface area contributed by atoms with Crippen molar-refractivity contribution in [3.8, 4) is 0 Å². The summed E-state index contributed by atoms with van der Waals surface area (Å²) in [7, 11) is 0.890. The molecule has 0 fully saturated rings. The molecule has 0 bridgehead atoms. The van der Waals surface area contributed by atoms with E-state index in [1.165, 1.54) is 21.1 Å². The first kappa shape index (κ1) is 15.6. The smallest absolute Gasteiger partial charge is 0.215 e. The van der Waals surface area contributed by atoms with Gasteiger partial charge < -0.3 is 10.6 Å². The van der Waals surface area contributed by atoms with Gasteiger partial charge in [0.25, 0.3) is 0 Å². The average Bonchev–Trinajstić information content (AvgIpc) is 2.31. The third-order valence-corrected chi connectivity index (χ3v) is 4.21. The van der Waals surface area contributed by atoms with E-state index in [-0.39, 0.29) is 23.9 Å². The van der Waals surface area contributed by atoms with Gasteiger partial charge in [0.1, 0.15) is 0 Å². The molecule has 0 aliphatic rings. The number of pyridine rings is 1. The van der Waals surface area contributed by atoms with Crippen molar-refractivity contribution >= 4 is 21.7 Å². The summed E-state index contributed by atoms with van der Waals surface area (Å²) in [6, 6.07) is 0.682. The minimum absolute atomic E-state index is 0.0286. The van der Waals surface area contributed by atoms with Crippen LogP contribution in [0.3, 0.4) is 0 Å². The van der Waals surface area contributed by atoms with Crippen LogP contribution in [0.4, 0.5) is 20.4 Å². The molecule has 0 atom stereocenters. The maximum absolute atomic E-state index is 13.4. The van der Waals surface area contributed by atoms with Crippen LogP contribution in [0.25, 0.3) is 0 Å². The maximum atomic E-state index is 13.4. The van der Waals surface area contributed by atoms with Crippen molar-refractivity contribution in [2.24, 2.45) is 0 Å². The highest BCUT2D eigenvalue weighted by Crippen LogP contribution is 2.18. The lowest BCUT2D eigenvalue weighted by molar-refractivity contribution is 0.521. The fourth-order valence-electron chi connectivity index (χ4n) is 1.25. The largest absolute Gasteiger partial charge is 0.371 e. The number of rotatable bonds is 6. The Bertz CT molecular complexity index is 549. The van der Waals surface area contributed by atoms with Gasteiger partial charge in [0.2, 0.25) is 10.0 Å². The zero-order valence-corrected chi connectivity index (χ0v) is 11.7. The average molecular weight is 294 g/mol. The van der Waals surface area contributed by atoms with Crippen LogP contribution in [0, 0.1) is 11.6 Å². The second-order valence-electron chi connectivity index (χ2n) is 3.92. The molecular weight excluding hydrogens is 278 g/mol. The van der Waals surface area contributed by atoms with E-state index in [1.807, 2.05) is 0 Å². The van der Waals surface area contributed by atoms with Crippen LogP contribution >= 0.6 is 0 Å². The first-order chi connectivity index (χ1) is 8.77. The van der Waals surface area contributed by atoms with Gasteiger partial charge in [-0.25, -0.2) is 26.5 Å². The summed E-state index contributed by atoms with van der Waals surface area (Å²) < 4.78 is 50.6. The van der Waals surface area contributed by atoms with E-state index in [2.05, 4.69) is 15.6 Å². The number of aromatic nitrogens is 1. The highest BCUT2D eigenvalue weighted by molar-refractivity contribution is 7.89. The molecule has 0 saturated heterocycles. The lowest BCUT2D eigenvalue weighted by atomic mass is 10.4. The van der Waals surface area contributed by atoms with Crippen LogP contribution in [-0.4, -0.2) is 51.1 Å². The van der Waals surface area contributed by atoms with Gasteiger partial charge in [0.15, 0.2) is 23.3 Å². The molecule has 0 aromatic carbocycles. The first-order valence-corrected chi connectivity index (χ1v) is 7.06. The second kappa shape index (κ2) is 6.11. The molecular formula is C10H16F2N4O2S. The van der Waals surface area contributed by atoms with Crippen LogP contribution < -0.4 is 10.6 Å². The third-order valence-electron chi connectivity index (χ3n) is 2.38. The highest BCUT2D eigenvalue weighted by Gasteiger charge is 2.15. The van der Waals surface area contributed by atoms with E-state index in [0.717, 1.165) is 4.31 Å². The predicted octanol–water partition coefficient (Wildman–Crippen LogP) is 0.705. The predicted molar refractivity (Wildman–Crippen MR) is 69.7 cm³/mol. The van der Waals surface area contributed by atoms with Crippen molar-refractivity contribution in [3.05, 3.63) is 17.7 Å². The topological polar surface area (TPSA) is 74.3 Å². The zero-order chi connectivity index (χ0) is 14.6. The number of halogens is 2. The molecule has 19 heavy (non-hydrogen) atoms. The van der Waals surface area contributed by atoms with E-state index in [1.54, 1.807) is 0 Å². The van der Waals surface area contributed by atoms with Crippen molar-refractivity contribution in [1.82, 2.24) is 9.29 Å². The molecule has 1 aromatic rings. The van der Waals surface area contributed by atoms with E-state index in [0.29, 0.717) is 6.07 Å². The standard InChI is InChI=1S/C10H16F2N4O2S/c1-13-9-7(11)6-8(12)10(15-9)14-4-5-19(17,18)16(2)3/h6H,4-5H2,1-3H3,(H2,13,14,15). The number of anilines is 2. The lowest BCUT2D eigenvalue weighted by Crippen LogP contribution is -2.28. The van der Waals surface area contributed by atoms with Gasteiger partial charge in [-0.1, -0.05) is 0 Å². The second-order valence-corrected chi connectivity index (χ2v) is 6.23. The molecule has 9 heteroatoms. The monoisotopic (exact) mass is 294 g/mol. The summed E-state index contributed by atoms with van der Waals surface area (Å²) in [5.41, 5.74) is 0. The summed E-state index contributed by atoms with van der Waals surface area (Å²) in [6.45, 7) is -0.0286. The van der Waals surface area contributed by atoms with Gasteiger partial charge in [-0.15, -0.1) is 0 Å². The van der Waals surface area contributed by atoms with Crippen molar-refractivity contribution < 1.29 is 17.2 Å². The third kappa shape index (κ3) is 4.00. The molecule has 0 aliphatic heterocycles. The van der Waals surface area contributed by atoms with Gasteiger partial charge in [0, 0.05) is 33.8 Å². The fourth-order valence-corrected chi connectivity index (χ4v) is 1.97. The lowest BCUT2D eigenvalue weighted by Gasteiger charge is -2.12. The Morgan fingerprint density at radius 2 is 1.84 bits per heavy atom. The SMILES string of the molecule is CNc1nc(NCCS(=O)(=O)N(C)C)c(F)cc1F. The van der Waals surface area contributed by atoms with Crippen LogP contribution in [0.15, 0.2) is 6.07 Å². The van der Waals surface area contributed by atoms with Crippen LogP contribution in [0.1, 0.15) is 0 Å². The van der Waals surface area contributed by atoms with Gasteiger partial charge in [-0.05, 0) is 0 Å². The Morgan fingerprint density at radius 1 is 1.26 bits per heavy atom. The van der Waals surface area contributed by atoms with Crippen LogP contribution in [-0.2, 0) is 10.0 Å². The Labute approximate surface area is 110 Å². The first-order valence-electron chi connectivity index (χ1n) is 5.46.